The zero-order valence-corrected chi connectivity index (χ0v) is 16.5. The lowest BCUT2D eigenvalue weighted by atomic mass is 9.80. The Morgan fingerprint density at radius 3 is 2.67 bits per heavy atom. The summed E-state index contributed by atoms with van der Waals surface area (Å²) in [4.78, 5) is 24.5. The quantitative estimate of drug-likeness (QED) is 0.454. The van der Waals surface area contributed by atoms with Crippen molar-refractivity contribution in [2.45, 2.75) is 70.2 Å². The van der Waals surface area contributed by atoms with E-state index in [1.807, 2.05) is 6.92 Å². The zero-order chi connectivity index (χ0) is 20.1. The first-order valence-corrected chi connectivity index (χ1v) is 9.25. The van der Waals surface area contributed by atoms with Crippen LogP contribution in [0.5, 0.6) is 0 Å². The second-order valence-electron chi connectivity index (χ2n) is 8.23. The van der Waals surface area contributed by atoms with Crippen LogP contribution in [0.25, 0.3) is 0 Å². The van der Waals surface area contributed by atoms with Crippen LogP contribution in [0.1, 0.15) is 40.5 Å². The third kappa shape index (κ3) is 3.32. The highest BCUT2D eigenvalue weighted by molar-refractivity contribution is 5.91. The van der Waals surface area contributed by atoms with Crippen LogP contribution >= 0.6 is 0 Å². The van der Waals surface area contributed by atoms with Crippen LogP contribution < -0.4 is 0 Å². The normalized spacial score (nSPS) is 41.4. The van der Waals surface area contributed by atoms with Crippen molar-refractivity contribution in [1.82, 2.24) is 0 Å². The van der Waals surface area contributed by atoms with Gasteiger partial charge in [0, 0.05) is 25.5 Å². The maximum absolute atomic E-state index is 12.3. The van der Waals surface area contributed by atoms with Crippen molar-refractivity contribution in [1.29, 1.82) is 0 Å². The molecule has 0 saturated carbocycles. The van der Waals surface area contributed by atoms with E-state index in [9.17, 15) is 14.7 Å². The van der Waals surface area contributed by atoms with Crippen molar-refractivity contribution in [3.63, 3.8) is 0 Å². The Morgan fingerprint density at radius 1 is 1.41 bits per heavy atom. The molecule has 0 amide bonds. The van der Waals surface area contributed by atoms with Gasteiger partial charge in [0.1, 0.15) is 12.2 Å². The van der Waals surface area contributed by atoms with Crippen LogP contribution in [0.4, 0.5) is 0 Å². The Morgan fingerprint density at radius 2 is 2.07 bits per heavy atom. The highest BCUT2D eigenvalue weighted by atomic mass is 16.7. The van der Waals surface area contributed by atoms with E-state index in [1.165, 1.54) is 0 Å². The summed E-state index contributed by atoms with van der Waals surface area (Å²) in [6, 6.07) is 0. The molecule has 27 heavy (non-hydrogen) atoms. The Balaban J connectivity index is 2.08. The topological polar surface area (TPSA) is 91.3 Å². The number of esters is 2. The van der Waals surface area contributed by atoms with Crippen LogP contribution in [0.15, 0.2) is 23.8 Å². The van der Waals surface area contributed by atoms with Gasteiger partial charge in [0.15, 0.2) is 5.79 Å². The average Bonchev–Trinajstić information content (AvgIpc) is 3.00. The molecular formula is C20H28O7. The molecule has 0 aromatic rings. The van der Waals surface area contributed by atoms with Gasteiger partial charge in [-0.1, -0.05) is 20.4 Å². The molecule has 1 N–H and O–H groups in total. The van der Waals surface area contributed by atoms with E-state index in [1.54, 1.807) is 34.0 Å². The summed E-state index contributed by atoms with van der Waals surface area (Å²) in [6.07, 6.45) is 0.362. The maximum Gasteiger partial charge on any atom is 0.334 e. The summed E-state index contributed by atoms with van der Waals surface area (Å²) < 4.78 is 22.9. The molecule has 3 aliphatic rings. The minimum atomic E-state index is -1.53. The lowest BCUT2D eigenvalue weighted by molar-refractivity contribution is -0.210. The first-order valence-electron chi connectivity index (χ1n) is 9.25. The fourth-order valence-corrected chi connectivity index (χ4v) is 4.19. The molecule has 3 aliphatic heterocycles. The number of hydrogen-bond donors (Lipinski definition) is 1. The van der Waals surface area contributed by atoms with E-state index < -0.39 is 41.6 Å². The third-order valence-corrected chi connectivity index (χ3v) is 5.87. The van der Waals surface area contributed by atoms with Gasteiger partial charge in [-0.15, -0.1) is 0 Å². The van der Waals surface area contributed by atoms with Gasteiger partial charge in [0.25, 0.3) is 0 Å². The summed E-state index contributed by atoms with van der Waals surface area (Å²) in [6.45, 7) is 10.9. The second kappa shape index (κ2) is 6.72. The Labute approximate surface area is 159 Å². The molecule has 7 nitrogen and oxygen atoms in total. The number of fused-ring (bicyclic) bond motifs is 3. The molecular weight excluding hydrogens is 352 g/mol. The average molecular weight is 380 g/mol. The summed E-state index contributed by atoms with van der Waals surface area (Å²) in [5.41, 5.74) is -0.129. The monoisotopic (exact) mass is 380 g/mol. The van der Waals surface area contributed by atoms with Gasteiger partial charge in [-0.25, -0.2) is 4.79 Å². The summed E-state index contributed by atoms with van der Waals surface area (Å²) in [7, 11) is 1.56. The molecule has 0 aliphatic carbocycles. The third-order valence-electron chi connectivity index (χ3n) is 5.87. The van der Waals surface area contributed by atoms with E-state index >= 15 is 0 Å². The van der Waals surface area contributed by atoms with E-state index in [2.05, 4.69) is 6.58 Å². The standard InChI is InChI=1S/C20H28O7/c1-10(2)17(21)26-14-8-19(5)15(24-6)9-20(23,27-19)11(3)7-13-16(14)12(4)18(22)25-13/h7,10,13-16,23H,4,8-9H2,1-3,5-6H3/t13-,14-,15-,16-,19+,20+/m0/s1. The van der Waals surface area contributed by atoms with Crippen molar-refractivity contribution in [3.8, 4) is 0 Å². The zero-order valence-electron chi connectivity index (χ0n) is 16.5. The molecule has 3 heterocycles. The molecule has 6 atom stereocenters. The van der Waals surface area contributed by atoms with Crippen LogP contribution in [-0.4, -0.2) is 53.9 Å². The predicted molar refractivity (Wildman–Crippen MR) is 95.5 cm³/mol. The molecule has 2 saturated heterocycles. The van der Waals surface area contributed by atoms with Crippen molar-refractivity contribution in [2.75, 3.05) is 7.11 Å². The lowest BCUT2D eigenvalue weighted by Crippen LogP contribution is -2.45. The lowest BCUT2D eigenvalue weighted by Gasteiger charge is -2.35. The minimum Gasteiger partial charge on any atom is -0.461 e. The van der Waals surface area contributed by atoms with E-state index in [-0.39, 0.29) is 30.3 Å². The largest absolute Gasteiger partial charge is 0.461 e. The number of rotatable bonds is 3. The smallest absolute Gasteiger partial charge is 0.334 e. The van der Waals surface area contributed by atoms with Crippen LogP contribution in [0, 0.1) is 11.8 Å². The van der Waals surface area contributed by atoms with Crippen molar-refractivity contribution < 1.29 is 33.6 Å². The first-order chi connectivity index (χ1) is 12.5. The number of methoxy groups -OCH3 is 1. The highest BCUT2D eigenvalue weighted by Crippen LogP contribution is 2.48. The van der Waals surface area contributed by atoms with Crippen LogP contribution in [-0.2, 0) is 28.5 Å². The number of hydrogen-bond acceptors (Lipinski definition) is 7. The van der Waals surface area contributed by atoms with Crippen LogP contribution in [0.3, 0.4) is 0 Å². The van der Waals surface area contributed by atoms with Gasteiger partial charge >= 0.3 is 11.9 Å². The van der Waals surface area contributed by atoms with E-state index in [0.29, 0.717) is 5.57 Å². The van der Waals surface area contributed by atoms with Crippen molar-refractivity contribution >= 4 is 11.9 Å². The van der Waals surface area contributed by atoms with Gasteiger partial charge in [-0.05, 0) is 25.5 Å². The van der Waals surface area contributed by atoms with Gasteiger partial charge < -0.3 is 24.1 Å². The molecule has 7 heteroatoms. The van der Waals surface area contributed by atoms with Crippen molar-refractivity contribution in [3.05, 3.63) is 23.8 Å². The number of carbonyl (C=O) groups is 2. The van der Waals surface area contributed by atoms with Gasteiger partial charge in [0.2, 0.25) is 0 Å². The molecule has 2 bridgehead atoms. The fourth-order valence-electron chi connectivity index (χ4n) is 4.19. The summed E-state index contributed by atoms with van der Waals surface area (Å²) in [5, 5.41) is 11.1. The Kier molecular flexibility index (Phi) is 4.99. The highest BCUT2D eigenvalue weighted by Gasteiger charge is 2.58. The molecule has 0 unspecified atom stereocenters. The van der Waals surface area contributed by atoms with Crippen LogP contribution in [0.2, 0.25) is 0 Å². The fraction of sp³-hybridized carbons (Fsp3) is 0.700. The number of aliphatic hydroxyl groups is 1. The first kappa shape index (κ1) is 20.0. The molecule has 0 aromatic carbocycles. The van der Waals surface area contributed by atoms with Crippen molar-refractivity contribution in [2.24, 2.45) is 11.8 Å². The second-order valence-corrected chi connectivity index (χ2v) is 8.23. The summed E-state index contributed by atoms with van der Waals surface area (Å²) >= 11 is 0. The molecule has 2 fully saturated rings. The van der Waals surface area contributed by atoms with Gasteiger partial charge in [0.05, 0.1) is 23.5 Å². The number of ether oxygens (including phenoxy) is 4. The summed E-state index contributed by atoms with van der Waals surface area (Å²) in [5.74, 6) is -3.30. The SMILES string of the molecule is C=C1C(=O)O[C@H]2C=C(C)[C@@]3(O)C[C@H](OC)[C@@](C)(C[C@H](OC(=O)C(C)C)[C@@H]12)O3. The molecule has 3 rings (SSSR count). The van der Waals surface area contributed by atoms with Gasteiger partial charge in [-0.2, -0.15) is 0 Å². The van der Waals surface area contributed by atoms with E-state index in [4.69, 9.17) is 18.9 Å². The number of carbonyl (C=O) groups excluding carboxylic acids is 2. The molecule has 0 aromatic heterocycles. The van der Waals surface area contributed by atoms with Gasteiger partial charge in [-0.3, -0.25) is 4.79 Å². The maximum atomic E-state index is 12.3. The Hall–Kier alpha value is -1.70. The molecule has 0 radical (unpaired) electrons. The Bertz CT molecular complexity index is 696. The molecule has 0 spiro atoms. The van der Waals surface area contributed by atoms with E-state index in [0.717, 1.165) is 0 Å². The minimum absolute atomic E-state index is 0.236. The predicted octanol–water partition coefficient (Wildman–Crippen LogP) is 1.88. The molecule has 150 valence electrons.